The smallest absolute Gasteiger partial charge is 0.126 e. The molecule has 0 spiro atoms. The van der Waals surface area contributed by atoms with Gasteiger partial charge >= 0.3 is 0 Å². The van der Waals surface area contributed by atoms with Crippen LogP contribution >= 0.6 is 0 Å². The second-order valence-corrected chi connectivity index (χ2v) is 5.35. The first-order chi connectivity index (χ1) is 8.99. The lowest BCUT2D eigenvalue weighted by molar-refractivity contribution is 0.556. The standard InChI is InChI=1S/C16H23F2N/c1-12(2)11-19-8-4-5-13(3)9-14-10-15(17)6-7-16(14)18/h5-7,10,12,19H,4,8-9,11H2,1-3H3. The Balaban J connectivity index is 2.41. The molecule has 0 bridgehead atoms. The number of rotatable bonds is 7. The fraction of sp³-hybridized carbons (Fsp3) is 0.500. The third kappa shape index (κ3) is 6.48. The molecule has 0 fully saturated rings. The first-order valence-electron chi connectivity index (χ1n) is 6.79. The van der Waals surface area contributed by atoms with E-state index in [4.69, 9.17) is 0 Å². The van der Waals surface area contributed by atoms with Crippen molar-refractivity contribution < 1.29 is 8.78 Å². The average Bonchev–Trinajstić information content (AvgIpc) is 2.33. The zero-order valence-corrected chi connectivity index (χ0v) is 12.0. The maximum absolute atomic E-state index is 13.5. The maximum atomic E-state index is 13.5. The lowest BCUT2D eigenvalue weighted by Gasteiger charge is -2.07. The highest BCUT2D eigenvalue weighted by Crippen LogP contribution is 2.14. The normalized spacial score (nSPS) is 12.2. The minimum absolute atomic E-state index is 0.341. The summed E-state index contributed by atoms with van der Waals surface area (Å²) < 4.78 is 26.5. The lowest BCUT2D eigenvalue weighted by atomic mass is 10.0. The molecule has 0 aromatic heterocycles. The second-order valence-electron chi connectivity index (χ2n) is 5.35. The Morgan fingerprint density at radius 1 is 1.32 bits per heavy atom. The fourth-order valence-electron chi connectivity index (χ4n) is 1.86. The summed E-state index contributed by atoms with van der Waals surface area (Å²) in [5.41, 5.74) is 1.49. The van der Waals surface area contributed by atoms with Crippen LogP contribution < -0.4 is 5.32 Å². The summed E-state index contributed by atoms with van der Waals surface area (Å²) in [6.45, 7) is 8.21. The molecule has 0 saturated heterocycles. The minimum Gasteiger partial charge on any atom is -0.316 e. The van der Waals surface area contributed by atoms with Gasteiger partial charge < -0.3 is 5.32 Å². The van der Waals surface area contributed by atoms with E-state index in [-0.39, 0.29) is 11.6 Å². The van der Waals surface area contributed by atoms with E-state index in [1.165, 1.54) is 12.1 Å². The third-order valence-corrected chi connectivity index (χ3v) is 2.84. The summed E-state index contributed by atoms with van der Waals surface area (Å²) in [5.74, 6) is -0.0821. The highest BCUT2D eigenvalue weighted by molar-refractivity contribution is 5.23. The van der Waals surface area contributed by atoms with Crippen LogP contribution in [0.25, 0.3) is 0 Å². The molecule has 0 amide bonds. The SMILES string of the molecule is CC(=CCCNCC(C)C)Cc1cc(F)ccc1F. The molecule has 0 aliphatic carbocycles. The van der Waals surface area contributed by atoms with Crippen LogP contribution in [0.4, 0.5) is 8.78 Å². The molecule has 19 heavy (non-hydrogen) atoms. The van der Waals surface area contributed by atoms with Crippen molar-refractivity contribution >= 4 is 0 Å². The van der Waals surface area contributed by atoms with Gasteiger partial charge in [0.1, 0.15) is 11.6 Å². The van der Waals surface area contributed by atoms with Crippen LogP contribution in [-0.4, -0.2) is 13.1 Å². The van der Waals surface area contributed by atoms with E-state index in [0.717, 1.165) is 31.1 Å². The van der Waals surface area contributed by atoms with Crippen LogP contribution in [0.5, 0.6) is 0 Å². The van der Waals surface area contributed by atoms with Gasteiger partial charge in [-0.25, -0.2) is 8.78 Å². The Morgan fingerprint density at radius 3 is 2.74 bits per heavy atom. The number of hydrogen-bond acceptors (Lipinski definition) is 1. The summed E-state index contributed by atoms with van der Waals surface area (Å²) in [7, 11) is 0. The van der Waals surface area contributed by atoms with Crippen molar-refractivity contribution in [2.24, 2.45) is 5.92 Å². The van der Waals surface area contributed by atoms with Gasteiger partial charge in [-0.3, -0.25) is 0 Å². The summed E-state index contributed by atoms with van der Waals surface area (Å²) >= 11 is 0. The molecule has 1 aromatic carbocycles. The van der Waals surface area contributed by atoms with Crippen molar-refractivity contribution in [1.29, 1.82) is 0 Å². The molecule has 0 radical (unpaired) electrons. The van der Waals surface area contributed by atoms with Gasteiger partial charge in [0.15, 0.2) is 0 Å². The summed E-state index contributed by atoms with van der Waals surface area (Å²) in [6.07, 6.45) is 3.46. The zero-order chi connectivity index (χ0) is 14.3. The summed E-state index contributed by atoms with van der Waals surface area (Å²) in [5, 5.41) is 3.35. The molecule has 3 heteroatoms. The molecule has 1 aromatic rings. The molecule has 0 unspecified atom stereocenters. The predicted octanol–water partition coefficient (Wildman–Crippen LogP) is 4.09. The quantitative estimate of drug-likeness (QED) is 0.579. The number of nitrogens with one attached hydrogen (secondary N) is 1. The maximum Gasteiger partial charge on any atom is 0.126 e. The van der Waals surface area contributed by atoms with Crippen molar-refractivity contribution in [3.8, 4) is 0 Å². The van der Waals surface area contributed by atoms with Crippen LogP contribution in [0.3, 0.4) is 0 Å². The van der Waals surface area contributed by atoms with Crippen molar-refractivity contribution in [2.45, 2.75) is 33.6 Å². The van der Waals surface area contributed by atoms with E-state index in [2.05, 4.69) is 25.2 Å². The fourth-order valence-corrected chi connectivity index (χ4v) is 1.86. The van der Waals surface area contributed by atoms with E-state index in [0.29, 0.717) is 17.9 Å². The average molecular weight is 267 g/mol. The van der Waals surface area contributed by atoms with Crippen molar-refractivity contribution in [2.75, 3.05) is 13.1 Å². The Bertz CT molecular complexity index is 425. The summed E-state index contributed by atoms with van der Waals surface area (Å²) in [6, 6.07) is 3.60. The van der Waals surface area contributed by atoms with Gasteiger partial charge in [0, 0.05) is 0 Å². The van der Waals surface area contributed by atoms with Gasteiger partial charge in [0.05, 0.1) is 0 Å². The van der Waals surface area contributed by atoms with Crippen LogP contribution in [0.15, 0.2) is 29.8 Å². The van der Waals surface area contributed by atoms with Crippen LogP contribution in [0, 0.1) is 17.6 Å². The van der Waals surface area contributed by atoms with Gasteiger partial charge in [-0.05, 0) is 62.5 Å². The Morgan fingerprint density at radius 2 is 2.05 bits per heavy atom. The Labute approximate surface area is 114 Å². The van der Waals surface area contributed by atoms with Crippen LogP contribution in [0.1, 0.15) is 32.8 Å². The van der Waals surface area contributed by atoms with E-state index in [1.54, 1.807) is 0 Å². The van der Waals surface area contributed by atoms with E-state index >= 15 is 0 Å². The Kier molecular flexibility index (Phi) is 6.71. The number of benzene rings is 1. The van der Waals surface area contributed by atoms with Gasteiger partial charge in [-0.2, -0.15) is 0 Å². The monoisotopic (exact) mass is 267 g/mol. The van der Waals surface area contributed by atoms with Crippen LogP contribution in [-0.2, 0) is 6.42 Å². The zero-order valence-electron chi connectivity index (χ0n) is 12.0. The molecule has 1 N–H and O–H groups in total. The van der Waals surface area contributed by atoms with E-state index in [9.17, 15) is 8.78 Å². The first kappa shape index (κ1) is 15.8. The molecular weight excluding hydrogens is 244 g/mol. The molecule has 0 aliphatic rings. The number of allylic oxidation sites excluding steroid dienone is 1. The van der Waals surface area contributed by atoms with Crippen LogP contribution in [0.2, 0.25) is 0 Å². The molecule has 106 valence electrons. The first-order valence-corrected chi connectivity index (χ1v) is 6.79. The van der Waals surface area contributed by atoms with Gasteiger partial charge in [0.2, 0.25) is 0 Å². The number of hydrogen-bond donors (Lipinski definition) is 1. The number of halogens is 2. The second kappa shape index (κ2) is 8.05. The topological polar surface area (TPSA) is 12.0 Å². The van der Waals surface area contributed by atoms with Crippen molar-refractivity contribution in [3.63, 3.8) is 0 Å². The largest absolute Gasteiger partial charge is 0.316 e. The molecular formula is C16H23F2N. The van der Waals surface area contributed by atoms with E-state index in [1.807, 2.05) is 6.92 Å². The van der Waals surface area contributed by atoms with Crippen molar-refractivity contribution in [3.05, 3.63) is 47.0 Å². The molecule has 1 rings (SSSR count). The molecule has 0 atom stereocenters. The van der Waals surface area contributed by atoms with E-state index < -0.39 is 0 Å². The van der Waals surface area contributed by atoms with Gasteiger partial charge in [0.25, 0.3) is 0 Å². The Hall–Kier alpha value is -1.22. The highest BCUT2D eigenvalue weighted by Gasteiger charge is 2.04. The van der Waals surface area contributed by atoms with Gasteiger partial charge in [-0.15, -0.1) is 0 Å². The van der Waals surface area contributed by atoms with Gasteiger partial charge in [-0.1, -0.05) is 25.5 Å². The molecule has 1 nitrogen and oxygen atoms in total. The lowest BCUT2D eigenvalue weighted by Crippen LogP contribution is -2.20. The molecule has 0 saturated carbocycles. The molecule has 0 heterocycles. The predicted molar refractivity (Wildman–Crippen MR) is 76.1 cm³/mol. The summed E-state index contributed by atoms with van der Waals surface area (Å²) in [4.78, 5) is 0. The highest BCUT2D eigenvalue weighted by atomic mass is 19.1. The van der Waals surface area contributed by atoms with Crippen molar-refractivity contribution in [1.82, 2.24) is 5.32 Å². The third-order valence-electron chi connectivity index (χ3n) is 2.84. The molecule has 0 aliphatic heterocycles. The minimum atomic E-state index is -0.386.